The molecule has 1 aromatic carbocycles. The minimum Gasteiger partial charge on any atom is -0.444 e. The molecule has 2 aromatic rings. The average molecular weight is 647 g/mol. The number of thioether (sulfide) groups is 1. The third-order valence-corrected chi connectivity index (χ3v) is 9.04. The standard InChI is InChI=1S/C23H25BrFIN4O2S/c1-23(2,3)32-22(31)30-10-12-9-14(30)18(12)28-20-13-8-11(6-5-7-27)15(24)16(25)19(13)29-21(33-4)17(20)26/h8,12,14,18H,5-6,9-10H2,1-4H3,(H,28,29). The van der Waals surface area contributed by atoms with Crippen molar-refractivity contribution in [1.29, 1.82) is 5.26 Å². The van der Waals surface area contributed by atoms with Crippen molar-refractivity contribution in [1.82, 2.24) is 9.88 Å². The Morgan fingerprint density at radius 2 is 2.24 bits per heavy atom. The SMILES string of the molecule is CSc1nc2c(F)c(Br)c(CCC#N)cc2c(NC2C3CC2N(C(=O)OC(C)(C)C)C3)c1I. The smallest absolute Gasteiger partial charge is 0.410 e. The van der Waals surface area contributed by atoms with Gasteiger partial charge in [0.2, 0.25) is 0 Å². The fraction of sp³-hybridized carbons (Fsp3) is 0.522. The lowest BCUT2D eigenvalue weighted by Crippen LogP contribution is -2.50. The third kappa shape index (κ3) is 4.65. The number of hydrogen-bond donors (Lipinski definition) is 1. The monoisotopic (exact) mass is 646 g/mol. The molecule has 2 saturated heterocycles. The molecule has 3 fully saturated rings. The summed E-state index contributed by atoms with van der Waals surface area (Å²) in [5, 5.41) is 14.1. The maximum absolute atomic E-state index is 15.3. The second-order valence-corrected chi connectivity index (χ2v) is 12.1. The number of aromatic nitrogens is 1. The predicted octanol–water partition coefficient (Wildman–Crippen LogP) is 6.34. The molecule has 3 unspecified atom stereocenters. The molecule has 2 bridgehead atoms. The van der Waals surface area contributed by atoms with Crippen LogP contribution in [0.1, 0.15) is 39.2 Å². The Kier molecular flexibility index (Phi) is 7.05. The van der Waals surface area contributed by atoms with Crippen molar-refractivity contribution in [3.05, 3.63) is 25.5 Å². The topological polar surface area (TPSA) is 78.3 Å². The molecule has 33 heavy (non-hydrogen) atoms. The number of benzene rings is 1. The minimum atomic E-state index is -0.540. The van der Waals surface area contributed by atoms with E-state index in [1.807, 2.05) is 38.0 Å². The van der Waals surface area contributed by atoms with Crippen molar-refractivity contribution in [2.45, 2.75) is 62.7 Å². The van der Waals surface area contributed by atoms with Crippen molar-refractivity contribution >= 4 is 73.0 Å². The molecule has 1 aliphatic carbocycles. The summed E-state index contributed by atoms with van der Waals surface area (Å²) in [5.74, 6) is -0.0974. The number of halogens is 3. The number of anilines is 1. The number of pyridine rings is 1. The molecule has 0 radical (unpaired) electrons. The predicted molar refractivity (Wildman–Crippen MR) is 140 cm³/mol. The van der Waals surface area contributed by atoms with E-state index in [4.69, 9.17) is 10.00 Å². The Morgan fingerprint density at radius 3 is 2.88 bits per heavy atom. The number of nitrogens with zero attached hydrogens (tertiary/aromatic N) is 3. The zero-order chi connectivity index (χ0) is 24.1. The van der Waals surface area contributed by atoms with Crippen LogP contribution >= 0.6 is 50.3 Å². The van der Waals surface area contributed by atoms with E-state index in [-0.39, 0.29) is 18.2 Å². The molecule has 10 heteroatoms. The first-order chi connectivity index (χ1) is 15.6. The Bertz CT molecular complexity index is 1170. The number of amides is 1. The van der Waals surface area contributed by atoms with Crippen LogP contribution in [0.25, 0.3) is 10.9 Å². The van der Waals surface area contributed by atoms with Crippen LogP contribution in [0.5, 0.6) is 0 Å². The highest BCUT2D eigenvalue weighted by atomic mass is 127. The number of rotatable bonds is 5. The summed E-state index contributed by atoms with van der Waals surface area (Å²) < 4.78 is 22.2. The molecular weight excluding hydrogens is 622 g/mol. The van der Waals surface area contributed by atoms with E-state index >= 15 is 4.39 Å². The summed E-state index contributed by atoms with van der Waals surface area (Å²) in [7, 11) is 0. The molecule has 1 aromatic heterocycles. The maximum Gasteiger partial charge on any atom is 0.410 e. The number of carbonyl (C=O) groups excluding carboxylic acids is 1. The third-order valence-electron chi connectivity index (χ3n) is 6.08. The lowest BCUT2D eigenvalue weighted by molar-refractivity contribution is 0.0239. The van der Waals surface area contributed by atoms with Crippen molar-refractivity contribution < 1.29 is 13.9 Å². The fourth-order valence-electron chi connectivity index (χ4n) is 4.52. The number of carbonyl (C=O) groups is 1. The van der Waals surface area contributed by atoms with E-state index in [0.717, 1.165) is 26.3 Å². The fourth-order valence-corrected chi connectivity index (χ4v) is 6.72. The van der Waals surface area contributed by atoms with Crippen molar-refractivity contribution in [3.63, 3.8) is 0 Å². The van der Waals surface area contributed by atoms with Crippen LogP contribution in [-0.2, 0) is 11.2 Å². The average Bonchev–Trinajstić information content (AvgIpc) is 3.33. The number of ether oxygens (including phenoxy) is 1. The zero-order valence-corrected chi connectivity index (χ0v) is 23.4. The molecule has 3 heterocycles. The number of nitrogens with one attached hydrogen (secondary N) is 1. The largest absolute Gasteiger partial charge is 0.444 e. The van der Waals surface area contributed by atoms with Gasteiger partial charge in [0.15, 0.2) is 5.82 Å². The number of aryl methyl sites for hydroxylation is 1. The summed E-state index contributed by atoms with van der Waals surface area (Å²) in [6, 6.07) is 4.16. The van der Waals surface area contributed by atoms with Gasteiger partial charge in [-0.25, -0.2) is 14.2 Å². The van der Waals surface area contributed by atoms with Gasteiger partial charge in [-0.2, -0.15) is 5.26 Å². The Labute approximate surface area is 219 Å². The summed E-state index contributed by atoms with van der Waals surface area (Å²) in [4.78, 5) is 19.1. The van der Waals surface area contributed by atoms with Crippen LogP contribution < -0.4 is 5.32 Å². The van der Waals surface area contributed by atoms with E-state index in [1.54, 1.807) is 0 Å². The molecule has 1 N–H and O–H groups in total. The van der Waals surface area contributed by atoms with E-state index in [0.29, 0.717) is 40.7 Å². The van der Waals surface area contributed by atoms with Crippen molar-refractivity contribution in [2.24, 2.45) is 5.92 Å². The normalized spacial score (nSPS) is 21.6. The van der Waals surface area contributed by atoms with Gasteiger partial charge in [0, 0.05) is 24.3 Å². The van der Waals surface area contributed by atoms with E-state index in [2.05, 4.69) is 54.9 Å². The summed E-state index contributed by atoms with van der Waals surface area (Å²) in [6.45, 7) is 6.26. The molecule has 3 aliphatic rings. The number of hydrogen-bond acceptors (Lipinski definition) is 6. The lowest BCUT2D eigenvalue weighted by Gasteiger charge is -2.38. The van der Waals surface area contributed by atoms with Crippen molar-refractivity contribution in [3.8, 4) is 6.07 Å². The molecule has 1 amide bonds. The van der Waals surface area contributed by atoms with Gasteiger partial charge < -0.3 is 15.0 Å². The van der Waals surface area contributed by atoms with Crippen LogP contribution in [0.2, 0.25) is 0 Å². The van der Waals surface area contributed by atoms with Gasteiger partial charge >= 0.3 is 6.09 Å². The zero-order valence-electron chi connectivity index (χ0n) is 18.8. The second kappa shape index (κ2) is 9.38. The van der Waals surface area contributed by atoms with Gasteiger partial charge in [-0.3, -0.25) is 0 Å². The first-order valence-corrected chi connectivity index (χ1v) is 13.8. The van der Waals surface area contributed by atoms with Gasteiger partial charge in [0.25, 0.3) is 0 Å². The lowest BCUT2D eigenvalue weighted by atomic mass is 9.80. The van der Waals surface area contributed by atoms with Gasteiger partial charge in [-0.05, 0) is 90.0 Å². The highest BCUT2D eigenvalue weighted by Gasteiger charge is 2.55. The summed E-state index contributed by atoms with van der Waals surface area (Å²) in [6.07, 6.45) is 3.32. The van der Waals surface area contributed by atoms with Gasteiger partial charge in [0.1, 0.15) is 16.1 Å². The molecule has 5 rings (SSSR count). The van der Waals surface area contributed by atoms with Crippen LogP contribution in [-0.4, -0.2) is 46.5 Å². The van der Waals surface area contributed by atoms with Crippen LogP contribution in [0.4, 0.5) is 14.9 Å². The highest BCUT2D eigenvalue weighted by Crippen LogP contribution is 2.46. The summed E-state index contributed by atoms with van der Waals surface area (Å²) >= 11 is 7.09. The molecule has 2 aliphatic heterocycles. The minimum absolute atomic E-state index is 0.0416. The van der Waals surface area contributed by atoms with Gasteiger partial charge in [-0.15, -0.1) is 11.8 Å². The van der Waals surface area contributed by atoms with Crippen LogP contribution in [0.3, 0.4) is 0 Å². The number of nitriles is 1. The van der Waals surface area contributed by atoms with Crippen LogP contribution in [0.15, 0.2) is 15.6 Å². The Balaban J connectivity index is 1.71. The summed E-state index contributed by atoms with van der Waals surface area (Å²) in [5.41, 5.74) is 1.33. The van der Waals surface area contributed by atoms with Gasteiger partial charge in [0.05, 0.1) is 31.9 Å². The maximum atomic E-state index is 15.3. The number of fused-ring (bicyclic) bond motifs is 2. The second-order valence-electron chi connectivity index (χ2n) is 9.39. The molecule has 176 valence electrons. The van der Waals surface area contributed by atoms with E-state index < -0.39 is 11.4 Å². The quantitative estimate of drug-likeness (QED) is 0.302. The molecular formula is C23H25BrFIN4O2S. The highest BCUT2D eigenvalue weighted by molar-refractivity contribution is 14.1. The van der Waals surface area contributed by atoms with E-state index in [9.17, 15) is 4.79 Å². The first-order valence-electron chi connectivity index (χ1n) is 10.7. The Morgan fingerprint density at radius 1 is 1.52 bits per heavy atom. The molecule has 0 spiro atoms. The molecule has 6 nitrogen and oxygen atoms in total. The first kappa shape index (κ1) is 24.8. The van der Waals surface area contributed by atoms with Crippen molar-refractivity contribution in [2.75, 3.05) is 18.1 Å². The Hall–Kier alpha value is -1.32. The van der Waals surface area contributed by atoms with Gasteiger partial charge in [-0.1, -0.05) is 0 Å². The van der Waals surface area contributed by atoms with Crippen LogP contribution in [0, 0.1) is 26.6 Å². The van der Waals surface area contributed by atoms with E-state index in [1.165, 1.54) is 11.8 Å². The molecule has 1 saturated carbocycles. The molecule has 3 atom stereocenters.